The molecule has 1 aliphatic carbocycles. The molecule has 0 spiro atoms. The molecule has 0 aliphatic heterocycles. The number of amides is 1. The molecule has 0 bridgehead atoms. The minimum atomic E-state index is -0.112. The number of ether oxygens (including phenoxy) is 1. The third kappa shape index (κ3) is 3.00. The molecule has 3 N–H and O–H groups in total. The number of anilines is 1. The number of carbonyl (C=O) groups excluding carboxylic acids is 1. The van der Waals surface area contributed by atoms with Crippen LogP contribution in [0.5, 0.6) is 5.75 Å². The summed E-state index contributed by atoms with van der Waals surface area (Å²) >= 11 is 0. The molecule has 0 saturated heterocycles. The third-order valence-electron chi connectivity index (χ3n) is 3.89. The first kappa shape index (κ1) is 13.7. The van der Waals surface area contributed by atoms with Gasteiger partial charge in [0.05, 0.1) is 18.4 Å². The molecule has 19 heavy (non-hydrogen) atoms. The van der Waals surface area contributed by atoms with Crippen LogP contribution in [0.2, 0.25) is 0 Å². The number of nitrogens with two attached hydrogens (primary N) is 1. The second-order valence-corrected chi connectivity index (χ2v) is 5.35. The zero-order chi connectivity index (χ0) is 13.9. The van der Waals surface area contributed by atoms with E-state index < -0.39 is 0 Å². The van der Waals surface area contributed by atoms with Crippen molar-refractivity contribution in [2.24, 2.45) is 5.41 Å². The van der Waals surface area contributed by atoms with Crippen LogP contribution in [0.1, 0.15) is 43.0 Å². The Kier molecular flexibility index (Phi) is 3.98. The van der Waals surface area contributed by atoms with Crippen LogP contribution in [-0.4, -0.2) is 19.6 Å². The lowest BCUT2D eigenvalue weighted by Crippen LogP contribution is -2.30. The zero-order valence-corrected chi connectivity index (χ0v) is 11.7. The van der Waals surface area contributed by atoms with E-state index in [-0.39, 0.29) is 5.91 Å². The van der Waals surface area contributed by atoms with Crippen LogP contribution >= 0.6 is 0 Å². The van der Waals surface area contributed by atoms with Crippen LogP contribution in [0, 0.1) is 5.41 Å². The highest BCUT2D eigenvalue weighted by atomic mass is 16.5. The Morgan fingerprint density at radius 1 is 1.47 bits per heavy atom. The van der Waals surface area contributed by atoms with Crippen molar-refractivity contribution in [1.82, 2.24) is 5.32 Å². The maximum absolute atomic E-state index is 12.2. The fraction of sp³-hybridized carbons (Fsp3) is 0.533. The molecule has 0 radical (unpaired) electrons. The van der Waals surface area contributed by atoms with Gasteiger partial charge in [0.15, 0.2) is 0 Å². The summed E-state index contributed by atoms with van der Waals surface area (Å²) in [5.41, 5.74) is 7.17. The Morgan fingerprint density at radius 3 is 2.79 bits per heavy atom. The smallest absolute Gasteiger partial charge is 0.253 e. The van der Waals surface area contributed by atoms with Crippen LogP contribution in [0.25, 0.3) is 0 Å². The summed E-state index contributed by atoms with van der Waals surface area (Å²) in [5.74, 6) is 0.432. The van der Waals surface area contributed by atoms with Gasteiger partial charge in [-0.2, -0.15) is 0 Å². The molecule has 1 aromatic carbocycles. The van der Waals surface area contributed by atoms with Crippen molar-refractivity contribution in [2.75, 3.05) is 19.4 Å². The van der Waals surface area contributed by atoms with Gasteiger partial charge in [0.2, 0.25) is 0 Å². The van der Waals surface area contributed by atoms with Gasteiger partial charge in [-0.05, 0) is 36.8 Å². The van der Waals surface area contributed by atoms with Crippen molar-refractivity contribution in [3.05, 3.63) is 23.8 Å². The quantitative estimate of drug-likeness (QED) is 0.774. The summed E-state index contributed by atoms with van der Waals surface area (Å²) in [4.78, 5) is 12.2. The second-order valence-electron chi connectivity index (χ2n) is 5.35. The van der Waals surface area contributed by atoms with Crippen LogP contribution in [0.4, 0.5) is 5.69 Å². The number of nitrogens with one attached hydrogen (secondary N) is 1. The average molecular weight is 262 g/mol. The second kappa shape index (κ2) is 5.51. The van der Waals surface area contributed by atoms with Gasteiger partial charge in [-0.25, -0.2) is 0 Å². The van der Waals surface area contributed by atoms with E-state index in [9.17, 15) is 4.79 Å². The highest BCUT2D eigenvalue weighted by molar-refractivity contribution is 6.00. The van der Waals surface area contributed by atoms with Gasteiger partial charge in [0, 0.05) is 6.54 Å². The van der Waals surface area contributed by atoms with Gasteiger partial charge in [-0.15, -0.1) is 0 Å². The number of para-hydroxylation sites is 1. The Bertz CT molecular complexity index is 467. The highest BCUT2D eigenvalue weighted by Crippen LogP contribution is 2.48. The largest absolute Gasteiger partial charge is 0.495 e. The van der Waals surface area contributed by atoms with Gasteiger partial charge in [0.1, 0.15) is 5.75 Å². The molecule has 1 aromatic rings. The zero-order valence-electron chi connectivity index (χ0n) is 11.7. The predicted molar refractivity (Wildman–Crippen MR) is 76.3 cm³/mol. The first-order valence-electron chi connectivity index (χ1n) is 6.82. The van der Waals surface area contributed by atoms with Crippen LogP contribution in [0.3, 0.4) is 0 Å². The lowest BCUT2D eigenvalue weighted by molar-refractivity contribution is 0.0944. The van der Waals surface area contributed by atoms with E-state index >= 15 is 0 Å². The Hall–Kier alpha value is -1.71. The maximum Gasteiger partial charge on any atom is 0.253 e. The van der Waals surface area contributed by atoms with E-state index in [4.69, 9.17) is 10.5 Å². The summed E-state index contributed by atoms with van der Waals surface area (Å²) in [7, 11) is 1.55. The maximum atomic E-state index is 12.2. The minimum Gasteiger partial charge on any atom is -0.495 e. The summed E-state index contributed by atoms with van der Waals surface area (Å²) < 4.78 is 5.13. The minimum absolute atomic E-state index is 0.112. The fourth-order valence-electron chi connectivity index (χ4n) is 2.51. The molecule has 1 amide bonds. The molecule has 1 saturated carbocycles. The average Bonchev–Trinajstić information content (AvgIpc) is 3.17. The third-order valence-corrected chi connectivity index (χ3v) is 3.89. The summed E-state index contributed by atoms with van der Waals surface area (Å²) in [6.45, 7) is 2.93. The fourth-order valence-corrected chi connectivity index (χ4v) is 2.51. The van der Waals surface area contributed by atoms with Crippen molar-refractivity contribution in [1.29, 1.82) is 0 Å². The monoisotopic (exact) mass is 262 g/mol. The molecule has 104 valence electrons. The van der Waals surface area contributed by atoms with E-state index in [0.717, 1.165) is 13.0 Å². The van der Waals surface area contributed by atoms with Crippen molar-refractivity contribution in [3.8, 4) is 5.75 Å². The van der Waals surface area contributed by atoms with Crippen LogP contribution < -0.4 is 15.8 Å². The van der Waals surface area contributed by atoms with Gasteiger partial charge in [0.25, 0.3) is 5.91 Å². The first-order valence-corrected chi connectivity index (χ1v) is 6.82. The van der Waals surface area contributed by atoms with E-state index in [2.05, 4.69) is 12.2 Å². The predicted octanol–water partition coefficient (Wildman–Crippen LogP) is 2.59. The van der Waals surface area contributed by atoms with Gasteiger partial charge < -0.3 is 15.8 Å². The summed E-state index contributed by atoms with van der Waals surface area (Å²) in [6.07, 6.45) is 4.78. The summed E-state index contributed by atoms with van der Waals surface area (Å²) in [5, 5.41) is 3.00. The van der Waals surface area contributed by atoms with Crippen molar-refractivity contribution >= 4 is 11.6 Å². The molecular weight excluding hydrogens is 240 g/mol. The van der Waals surface area contributed by atoms with E-state index in [1.165, 1.54) is 19.3 Å². The molecule has 4 heteroatoms. The van der Waals surface area contributed by atoms with Crippen LogP contribution in [-0.2, 0) is 0 Å². The van der Waals surface area contributed by atoms with E-state index in [1.807, 2.05) is 0 Å². The molecule has 0 aromatic heterocycles. The SMILES string of the molecule is CCCC1(CNC(=O)c2cccc(OC)c2N)CC1. The van der Waals surface area contributed by atoms with Crippen molar-refractivity contribution in [3.63, 3.8) is 0 Å². The number of rotatable bonds is 6. The molecular formula is C15H22N2O2. The highest BCUT2D eigenvalue weighted by Gasteiger charge is 2.41. The molecule has 0 heterocycles. The topological polar surface area (TPSA) is 64.3 Å². The van der Waals surface area contributed by atoms with Crippen molar-refractivity contribution in [2.45, 2.75) is 32.6 Å². The number of carbonyl (C=O) groups is 1. The molecule has 2 rings (SSSR count). The number of hydrogen-bond acceptors (Lipinski definition) is 3. The lowest BCUT2D eigenvalue weighted by Gasteiger charge is -2.16. The number of hydrogen-bond donors (Lipinski definition) is 2. The Balaban J connectivity index is 2.00. The van der Waals surface area contributed by atoms with Gasteiger partial charge in [-0.1, -0.05) is 19.4 Å². The Morgan fingerprint density at radius 2 is 2.21 bits per heavy atom. The molecule has 0 unspecified atom stereocenters. The normalized spacial score (nSPS) is 15.9. The summed E-state index contributed by atoms with van der Waals surface area (Å²) in [6, 6.07) is 5.27. The van der Waals surface area contributed by atoms with Gasteiger partial charge in [-0.3, -0.25) is 4.79 Å². The standard InChI is InChI=1S/C15H22N2O2/c1-3-7-15(8-9-15)10-17-14(18)11-5-4-6-12(19-2)13(11)16/h4-6H,3,7-10,16H2,1-2H3,(H,17,18). The van der Waals surface area contributed by atoms with Gasteiger partial charge >= 0.3 is 0 Å². The van der Waals surface area contributed by atoms with E-state index in [1.54, 1.807) is 25.3 Å². The Labute approximate surface area is 114 Å². The molecule has 0 atom stereocenters. The van der Waals surface area contributed by atoms with Crippen molar-refractivity contribution < 1.29 is 9.53 Å². The number of methoxy groups -OCH3 is 1. The van der Waals surface area contributed by atoms with Crippen LogP contribution in [0.15, 0.2) is 18.2 Å². The molecule has 1 aliphatic rings. The lowest BCUT2D eigenvalue weighted by atomic mass is 10.0. The number of benzene rings is 1. The van der Waals surface area contributed by atoms with E-state index in [0.29, 0.717) is 22.4 Å². The molecule has 1 fully saturated rings. The molecule has 4 nitrogen and oxygen atoms in total. The first-order chi connectivity index (χ1) is 9.12. The number of nitrogen functional groups attached to an aromatic ring is 1.